The van der Waals surface area contributed by atoms with Crippen LogP contribution in [0, 0.1) is 5.92 Å². The van der Waals surface area contributed by atoms with Gasteiger partial charge in [0.1, 0.15) is 6.04 Å². The molecular weight excluding hydrogens is 270 g/mol. The largest absolute Gasteiger partial charge is 0.480 e. The molecule has 6 nitrogen and oxygen atoms in total. The van der Waals surface area contributed by atoms with E-state index in [4.69, 9.17) is 5.11 Å². The highest BCUT2D eigenvalue weighted by Gasteiger charge is 2.24. The molecule has 21 heavy (non-hydrogen) atoms. The number of nitrogens with zero attached hydrogens (tertiary/aromatic N) is 1. The minimum Gasteiger partial charge on any atom is -0.480 e. The minimum absolute atomic E-state index is 0.145. The average molecular weight is 299 g/mol. The Balaban J connectivity index is 2.34. The Morgan fingerprint density at radius 3 is 2.38 bits per heavy atom. The molecule has 2 amide bonds. The summed E-state index contributed by atoms with van der Waals surface area (Å²) in [6.07, 6.45) is 3.44. The number of amides is 2. The van der Waals surface area contributed by atoms with Gasteiger partial charge >= 0.3 is 12.0 Å². The van der Waals surface area contributed by atoms with Crippen LogP contribution < -0.4 is 10.6 Å². The highest BCUT2D eigenvalue weighted by Crippen LogP contribution is 2.11. The number of likely N-dealkylation sites (tertiary alicyclic amines) is 1. The third-order valence-electron chi connectivity index (χ3n) is 3.77. The molecule has 3 N–H and O–H groups in total. The van der Waals surface area contributed by atoms with Crippen LogP contribution in [-0.2, 0) is 4.79 Å². The van der Waals surface area contributed by atoms with Crippen LogP contribution in [0.25, 0.3) is 0 Å². The van der Waals surface area contributed by atoms with Crippen molar-refractivity contribution >= 4 is 12.0 Å². The number of aliphatic carboxylic acids is 1. The number of urea groups is 1. The van der Waals surface area contributed by atoms with Gasteiger partial charge in [0.15, 0.2) is 0 Å². The lowest BCUT2D eigenvalue weighted by atomic mass is 10.0. The number of rotatable bonds is 7. The van der Waals surface area contributed by atoms with Crippen LogP contribution >= 0.6 is 0 Å². The van der Waals surface area contributed by atoms with Gasteiger partial charge in [-0.1, -0.05) is 20.8 Å². The first kappa shape index (κ1) is 17.8. The molecule has 0 aromatic rings. The molecule has 6 heteroatoms. The van der Waals surface area contributed by atoms with Crippen LogP contribution in [0.3, 0.4) is 0 Å². The summed E-state index contributed by atoms with van der Waals surface area (Å²) in [4.78, 5) is 25.4. The van der Waals surface area contributed by atoms with Crippen molar-refractivity contribution in [2.75, 3.05) is 19.6 Å². The lowest BCUT2D eigenvalue weighted by Gasteiger charge is -2.32. The molecule has 1 saturated heterocycles. The Morgan fingerprint density at radius 1 is 1.29 bits per heavy atom. The van der Waals surface area contributed by atoms with Crippen LogP contribution in [-0.4, -0.2) is 53.7 Å². The van der Waals surface area contributed by atoms with E-state index in [1.54, 1.807) is 0 Å². The lowest BCUT2D eigenvalue weighted by Crippen LogP contribution is -2.52. The van der Waals surface area contributed by atoms with Crippen molar-refractivity contribution in [3.8, 4) is 0 Å². The average Bonchev–Trinajstić information content (AvgIpc) is 2.40. The van der Waals surface area contributed by atoms with E-state index in [-0.39, 0.29) is 18.0 Å². The quantitative estimate of drug-likeness (QED) is 0.668. The lowest BCUT2D eigenvalue weighted by molar-refractivity contribution is -0.139. The summed E-state index contributed by atoms with van der Waals surface area (Å²) in [6, 6.07) is -1.03. The third-order valence-corrected chi connectivity index (χ3v) is 3.77. The van der Waals surface area contributed by atoms with Gasteiger partial charge < -0.3 is 20.6 Å². The molecule has 1 fully saturated rings. The molecule has 1 aliphatic heterocycles. The Morgan fingerprint density at radius 2 is 1.90 bits per heavy atom. The van der Waals surface area contributed by atoms with Gasteiger partial charge in [0, 0.05) is 19.1 Å². The summed E-state index contributed by atoms with van der Waals surface area (Å²) in [5.41, 5.74) is 0. The van der Waals surface area contributed by atoms with Gasteiger partial charge in [-0.15, -0.1) is 0 Å². The van der Waals surface area contributed by atoms with Crippen LogP contribution in [0.1, 0.15) is 46.5 Å². The number of carboxylic acids is 1. The number of carbonyl (C=O) groups excluding carboxylic acids is 1. The van der Waals surface area contributed by atoms with Crippen LogP contribution in [0.5, 0.6) is 0 Å². The standard InChI is InChI=1S/C15H29N3O3/c1-4-7-18-8-5-12(6-9-18)16-15(21)17-13(14(19)20)10-11(2)3/h11-13H,4-10H2,1-3H3,(H,19,20)(H2,16,17,21)/t13-/m1/s1. The summed E-state index contributed by atoms with van der Waals surface area (Å²) in [6.45, 7) is 9.14. The van der Waals surface area contributed by atoms with E-state index in [1.807, 2.05) is 13.8 Å². The predicted octanol–water partition coefficient (Wildman–Crippen LogP) is 1.66. The molecule has 0 aliphatic carbocycles. The van der Waals surface area contributed by atoms with E-state index in [0.29, 0.717) is 6.42 Å². The van der Waals surface area contributed by atoms with Crippen molar-refractivity contribution in [1.82, 2.24) is 15.5 Å². The molecule has 0 aromatic heterocycles. The summed E-state index contributed by atoms with van der Waals surface area (Å²) in [5, 5.41) is 14.6. The monoisotopic (exact) mass is 299 g/mol. The molecule has 1 rings (SSSR count). The summed E-state index contributed by atoms with van der Waals surface area (Å²) in [7, 11) is 0. The molecule has 1 aliphatic rings. The normalized spacial score (nSPS) is 18.5. The van der Waals surface area contributed by atoms with Crippen LogP contribution in [0.4, 0.5) is 4.79 Å². The van der Waals surface area contributed by atoms with E-state index in [1.165, 1.54) is 0 Å². The van der Waals surface area contributed by atoms with Crippen molar-refractivity contribution in [2.24, 2.45) is 5.92 Å². The molecule has 1 atom stereocenters. The maximum Gasteiger partial charge on any atom is 0.326 e. The van der Waals surface area contributed by atoms with Gasteiger partial charge in [0.2, 0.25) is 0 Å². The summed E-state index contributed by atoms with van der Waals surface area (Å²) >= 11 is 0. The maximum atomic E-state index is 11.9. The molecule has 0 radical (unpaired) electrons. The second-order valence-electron chi connectivity index (χ2n) is 6.25. The molecule has 0 spiro atoms. The van der Waals surface area contributed by atoms with E-state index in [0.717, 1.165) is 38.9 Å². The summed E-state index contributed by atoms with van der Waals surface area (Å²) in [5.74, 6) is -0.750. The number of hydrogen-bond donors (Lipinski definition) is 3. The number of carboxylic acid groups (broad SMARTS) is 1. The fourth-order valence-electron chi connectivity index (χ4n) is 2.70. The molecule has 0 unspecified atom stereocenters. The Kier molecular flexibility index (Phi) is 7.50. The minimum atomic E-state index is -0.975. The third kappa shape index (κ3) is 6.80. The molecule has 122 valence electrons. The topological polar surface area (TPSA) is 81.7 Å². The first-order chi connectivity index (χ1) is 9.92. The number of hydrogen-bond acceptors (Lipinski definition) is 3. The van der Waals surface area contributed by atoms with Gasteiger partial charge in [-0.2, -0.15) is 0 Å². The molecule has 0 saturated carbocycles. The first-order valence-electron chi connectivity index (χ1n) is 7.94. The predicted molar refractivity (Wildman–Crippen MR) is 82.3 cm³/mol. The van der Waals surface area contributed by atoms with Gasteiger partial charge in [0.25, 0.3) is 0 Å². The Hall–Kier alpha value is -1.30. The molecule has 1 heterocycles. The van der Waals surface area contributed by atoms with E-state index in [9.17, 15) is 9.59 Å². The Bertz CT molecular complexity index is 339. The number of nitrogens with one attached hydrogen (secondary N) is 2. The molecule has 0 bridgehead atoms. The van der Waals surface area contributed by atoms with Crippen LogP contribution in [0.15, 0.2) is 0 Å². The van der Waals surface area contributed by atoms with E-state index in [2.05, 4.69) is 22.5 Å². The summed E-state index contributed by atoms with van der Waals surface area (Å²) < 4.78 is 0. The van der Waals surface area contributed by atoms with Crippen molar-refractivity contribution in [3.05, 3.63) is 0 Å². The van der Waals surface area contributed by atoms with Crippen molar-refractivity contribution < 1.29 is 14.7 Å². The highest BCUT2D eigenvalue weighted by atomic mass is 16.4. The maximum absolute atomic E-state index is 11.9. The zero-order valence-corrected chi connectivity index (χ0v) is 13.4. The van der Waals surface area contributed by atoms with Crippen molar-refractivity contribution in [1.29, 1.82) is 0 Å². The van der Waals surface area contributed by atoms with Gasteiger partial charge in [0.05, 0.1) is 0 Å². The SMILES string of the molecule is CCCN1CCC(NC(=O)N[C@H](CC(C)C)C(=O)O)CC1. The molecular formula is C15H29N3O3. The van der Waals surface area contributed by atoms with Crippen LogP contribution in [0.2, 0.25) is 0 Å². The van der Waals surface area contributed by atoms with E-state index < -0.39 is 12.0 Å². The fraction of sp³-hybridized carbons (Fsp3) is 0.867. The zero-order valence-electron chi connectivity index (χ0n) is 13.4. The smallest absolute Gasteiger partial charge is 0.326 e. The van der Waals surface area contributed by atoms with Gasteiger partial charge in [-0.3, -0.25) is 0 Å². The number of carbonyl (C=O) groups is 2. The second kappa shape index (κ2) is 8.87. The van der Waals surface area contributed by atoms with E-state index >= 15 is 0 Å². The zero-order chi connectivity index (χ0) is 15.8. The van der Waals surface area contributed by atoms with Crippen molar-refractivity contribution in [3.63, 3.8) is 0 Å². The van der Waals surface area contributed by atoms with Crippen molar-refractivity contribution in [2.45, 2.75) is 58.5 Å². The number of piperidine rings is 1. The molecule has 0 aromatic carbocycles. The Labute approximate surface area is 127 Å². The highest BCUT2D eigenvalue weighted by molar-refractivity contribution is 5.82. The van der Waals surface area contributed by atoms with Gasteiger partial charge in [-0.05, 0) is 38.1 Å². The second-order valence-corrected chi connectivity index (χ2v) is 6.25. The fourth-order valence-corrected chi connectivity index (χ4v) is 2.70. The first-order valence-corrected chi connectivity index (χ1v) is 7.94. The van der Waals surface area contributed by atoms with Gasteiger partial charge in [-0.25, -0.2) is 9.59 Å².